The lowest BCUT2D eigenvalue weighted by Gasteiger charge is -2.29. The molecule has 4 nitrogen and oxygen atoms in total. The van der Waals surface area contributed by atoms with Crippen molar-refractivity contribution in [3.05, 3.63) is 17.0 Å². The van der Waals surface area contributed by atoms with Crippen molar-refractivity contribution in [1.29, 1.82) is 0 Å². The Kier molecular flexibility index (Phi) is 6.36. The van der Waals surface area contributed by atoms with Gasteiger partial charge in [-0.05, 0) is 50.8 Å². The topological polar surface area (TPSA) is 46.9 Å². The predicted molar refractivity (Wildman–Crippen MR) is 93.3 cm³/mol. The third-order valence-electron chi connectivity index (χ3n) is 4.65. The molecule has 5 heteroatoms. The molecule has 1 N–H and O–H groups in total. The van der Waals surface area contributed by atoms with E-state index in [-0.39, 0.29) is 5.91 Å². The van der Waals surface area contributed by atoms with Crippen molar-refractivity contribution in [3.8, 4) is 0 Å². The van der Waals surface area contributed by atoms with Crippen LogP contribution in [0.1, 0.15) is 56.0 Å². The highest BCUT2D eigenvalue weighted by atomic mass is 32.2. The van der Waals surface area contributed by atoms with Crippen LogP contribution in [0.5, 0.6) is 0 Å². The first-order valence-electron chi connectivity index (χ1n) is 8.41. The number of rotatable bonds is 6. The van der Waals surface area contributed by atoms with Crippen molar-refractivity contribution in [2.24, 2.45) is 7.05 Å². The van der Waals surface area contributed by atoms with Gasteiger partial charge in [0.2, 0.25) is 5.91 Å². The maximum Gasteiger partial charge on any atom is 0.220 e. The Bertz CT molecular complexity index is 510. The lowest BCUT2D eigenvalue weighted by Crippen LogP contribution is -2.39. The molecule has 1 amide bonds. The lowest BCUT2D eigenvalue weighted by atomic mass is 9.94. The number of carbonyl (C=O) groups excluding carboxylic acids is 1. The summed E-state index contributed by atoms with van der Waals surface area (Å²) in [6.07, 6.45) is 6.17. The Morgan fingerprint density at radius 3 is 2.82 bits per heavy atom. The van der Waals surface area contributed by atoms with Gasteiger partial charge in [0.15, 0.2) is 0 Å². The van der Waals surface area contributed by atoms with Gasteiger partial charge in [-0.15, -0.1) is 0 Å². The molecular formula is C17H29N3OS. The standard InChI is InChI=1S/C17H29N3OS/c1-5-22-15-8-6-7-14(11-15)18-17(21)10-9-16-12(2)19-20(4)13(16)3/h14-15H,5-11H2,1-4H3,(H,18,21)/t14-,15+/m0/s1. The third kappa shape index (κ3) is 4.51. The van der Waals surface area contributed by atoms with Gasteiger partial charge in [-0.1, -0.05) is 13.3 Å². The number of aromatic nitrogens is 2. The zero-order chi connectivity index (χ0) is 16.1. The number of nitrogens with one attached hydrogen (secondary N) is 1. The van der Waals surface area contributed by atoms with Crippen LogP contribution in [-0.2, 0) is 18.3 Å². The number of thioether (sulfide) groups is 1. The summed E-state index contributed by atoms with van der Waals surface area (Å²) < 4.78 is 1.90. The minimum atomic E-state index is 0.190. The average Bonchev–Trinajstić information content (AvgIpc) is 2.71. The number of amides is 1. The van der Waals surface area contributed by atoms with E-state index in [2.05, 4.69) is 24.3 Å². The Morgan fingerprint density at radius 2 is 2.18 bits per heavy atom. The number of nitrogens with zero attached hydrogens (tertiary/aromatic N) is 2. The molecule has 1 aromatic heterocycles. The highest BCUT2D eigenvalue weighted by Crippen LogP contribution is 2.28. The van der Waals surface area contributed by atoms with Gasteiger partial charge in [-0.3, -0.25) is 9.48 Å². The van der Waals surface area contributed by atoms with E-state index in [9.17, 15) is 4.79 Å². The zero-order valence-corrected chi connectivity index (χ0v) is 15.1. The number of aryl methyl sites for hydroxylation is 2. The molecule has 0 aromatic carbocycles. The maximum atomic E-state index is 12.2. The van der Waals surface area contributed by atoms with Gasteiger partial charge < -0.3 is 5.32 Å². The summed E-state index contributed by atoms with van der Waals surface area (Å²) in [5.41, 5.74) is 3.44. The van der Waals surface area contributed by atoms with Crippen LogP contribution < -0.4 is 5.32 Å². The van der Waals surface area contributed by atoms with E-state index in [4.69, 9.17) is 0 Å². The van der Waals surface area contributed by atoms with Gasteiger partial charge in [-0.2, -0.15) is 16.9 Å². The number of carbonyl (C=O) groups is 1. The summed E-state index contributed by atoms with van der Waals surface area (Å²) in [7, 11) is 1.96. The molecule has 124 valence electrons. The second kappa shape index (κ2) is 8.04. The minimum Gasteiger partial charge on any atom is -0.353 e. The summed E-state index contributed by atoms with van der Waals surface area (Å²) in [6.45, 7) is 6.31. The highest BCUT2D eigenvalue weighted by molar-refractivity contribution is 7.99. The van der Waals surface area contributed by atoms with Crippen molar-refractivity contribution >= 4 is 17.7 Å². The lowest BCUT2D eigenvalue weighted by molar-refractivity contribution is -0.121. The quantitative estimate of drug-likeness (QED) is 0.875. The molecule has 1 heterocycles. The van der Waals surface area contributed by atoms with Crippen LogP contribution in [0.2, 0.25) is 0 Å². The van der Waals surface area contributed by atoms with Gasteiger partial charge in [0.1, 0.15) is 0 Å². The molecule has 0 saturated heterocycles. The molecule has 1 aliphatic carbocycles. The Morgan fingerprint density at radius 1 is 1.41 bits per heavy atom. The fraction of sp³-hybridized carbons (Fsp3) is 0.765. The van der Waals surface area contributed by atoms with Crippen molar-refractivity contribution in [2.75, 3.05) is 5.75 Å². The molecule has 0 aliphatic heterocycles. The molecular weight excluding hydrogens is 294 g/mol. The fourth-order valence-corrected chi connectivity index (χ4v) is 4.55. The van der Waals surface area contributed by atoms with E-state index in [1.165, 1.54) is 29.9 Å². The zero-order valence-electron chi connectivity index (χ0n) is 14.3. The molecule has 22 heavy (non-hydrogen) atoms. The summed E-state index contributed by atoms with van der Waals surface area (Å²) in [4.78, 5) is 12.2. The van der Waals surface area contributed by atoms with Crippen LogP contribution in [-0.4, -0.2) is 32.7 Å². The molecule has 1 saturated carbocycles. The first-order valence-corrected chi connectivity index (χ1v) is 9.46. The smallest absolute Gasteiger partial charge is 0.220 e. The molecule has 0 bridgehead atoms. The van der Waals surface area contributed by atoms with Crippen LogP contribution in [0.3, 0.4) is 0 Å². The Labute approximate surface area is 138 Å². The maximum absolute atomic E-state index is 12.2. The van der Waals surface area contributed by atoms with E-state index in [0.29, 0.717) is 12.5 Å². The van der Waals surface area contributed by atoms with Crippen LogP contribution in [0.15, 0.2) is 0 Å². The third-order valence-corrected chi connectivity index (χ3v) is 5.89. The van der Waals surface area contributed by atoms with Crippen LogP contribution in [0.25, 0.3) is 0 Å². The summed E-state index contributed by atoms with van der Waals surface area (Å²) in [5.74, 6) is 1.36. The normalized spacial score (nSPS) is 21.8. The number of hydrogen-bond acceptors (Lipinski definition) is 3. The molecule has 0 radical (unpaired) electrons. The number of hydrogen-bond donors (Lipinski definition) is 1. The molecule has 2 rings (SSSR count). The van der Waals surface area contributed by atoms with Crippen molar-refractivity contribution in [1.82, 2.24) is 15.1 Å². The van der Waals surface area contributed by atoms with E-state index < -0.39 is 0 Å². The van der Waals surface area contributed by atoms with Crippen molar-refractivity contribution in [2.45, 2.75) is 70.6 Å². The summed E-state index contributed by atoms with van der Waals surface area (Å²) in [5, 5.41) is 8.39. The molecule has 0 unspecified atom stereocenters. The van der Waals surface area contributed by atoms with Crippen molar-refractivity contribution < 1.29 is 4.79 Å². The van der Waals surface area contributed by atoms with Gasteiger partial charge in [0.05, 0.1) is 5.69 Å². The molecule has 2 atom stereocenters. The molecule has 0 spiro atoms. The first-order chi connectivity index (χ1) is 10.5. The van der Waals surface area contributed by atoms with Crippen LogP contribution >= 0.6 is 11.8 Å². The SMILES string of the molecule is CCS[C@@H]1CCC[C@H](NC(=O)CCc2c(C)nn(C)c2C)C1. The summed E-state index contributed by atoms with van der Waals surface area (Å²) in [6, 6.07) is 0.376. The van der Waals surface area contributed by atoms with Gasteiger partial charge in [0, 0.05) is 30.5 Å². The average molecular weight is 324 g/mol. The first kappa shape index (κ1) is 17.4. The molecule has 1 aliphatic rings. The largest absolute Gasteiger partial charge is 0.353 e. The Balaban J connectivity index is 1.80. The van der Waals surface area contributed by atoms with Gasteiger partial charge in [-0.25, -0.2) is 0 Å². The summed E-state index contributed by atoms with van der Waals surface area (Å²) >= 11 is 2.04. The van der Waals surface area contributed by atoms with Crippen molar-refractivity contribution in [3.63, 3.8) is 0 Å². The fourth-order valence-electron chi connectivity index (χ4n) is 3.38. The van der Waals surface area contributed by atoms with Crippen LogP contribution in [0, 0.1) is 13.8 Å². The van der Waals surface area contributed by atoms with Gasteiger partial charge in [0.25, 0.3) is 0 Å². The van der Waals surface area contributed by atoms with E-state index >= 15 is 0 Å². The molecule has 1 fully saturated rings. The van der Waals surface area contributed by atoms with Crippen LogP contribution in [0.4, 0.5) is 0 Å². The predicted octanol–water partition coefficient (Wildman–Crippen LogP) is 3.15. The monoisotopic (exact) mass is 323 g/mol. The minimum absolute atomic E-state index is 0.190. The second-order valence-electron chi connectivity index (χ2n) is 6.28. The highest BCUT2D eigenvalue weighted by Gasteiger charge is 2.23. The van der Waals surface area contributed by atoms with E-state index in [0.717, 1.165) is 30.2 Å². The van der Waals surface area contributed by atoms with E-state index in [1.54, 1.807) is 0 Å². The second-order valence-corrected chi connectivity index (χ2v) is 7.86. The van der Waals surface area contributed by atoms with E-state index in [1.807, 2.05) is 30.4 Å². The van der Waals surface area contributed by atoms with Gasteiger partial charge >= 0.3 is 0 Å². The Hall–Kier alpha value is -0.970. The molecule has 1 aromatic rings.